The van der Waals surface area contributed by atoms with Crippen molar-refractivity contribution in [2.45, 2.75) is 39.5 Å². The van der Waals surface area contributed by atoms with Gasteiger partial charge in [-0.2, -0.15) is 5.10 Å². The van der Waals surface area contributed by atoms with E-state index in [0.29, 0.717) is 6.54 Å². The predicted molar refractivity (Wildman–Crippen MR) is 85.1 cm³/mol. The van der Waals surface area contributed by atoms with E-state index in [2.05, 4.69) is 40.7 Å². The van der Waals surface area contributed by atoms with Gasteiger partial charge in [0.2, 0.25) is 0 Å². The van der Waals surface area contributed by atoms with Crippen molar-refractivity contribution in [3.05, 3.63) is 29.1 Å². The van der Waals surface area contributed by atoms with Gasteiger partial charge in [0.05, 0.1) is 11.4 Å². The molecular formula is C16H28N4O. The number of aliphatic hydroxyl groups is 1. The molecule has 5 heteroatoms. The molecule has 1 aliphatic heterocycles. The first-order valence-electron chi connectivity index (χ1n) is 7.71. The van der Waals surface area contributed by atoms with Crippen molar-refractivity contribution in [2.24, 2.45) is 0 Å². The lowest BCUT2D eigenvalue weighted by atomic mass is 10.2. The molecular weight excluding hydrogens is 264 g/mol. The van der Waals surface area contributed by atoms with Crippen molar-refractivity contribution in [1.29, 1.82) is 0 Å². The summed E-state index contributed by atoms with van der Waals surface area (Å²) in [6, 6.07) is 2.06. The van der Waals surface area contributed by atoms with Crippen LogP contribution in [0.4, 0.5) is 0 Å². The topological polar surface area (TPSA) is 44.5 Å². The smallest absolute Gasteiger partial charge is 0.110 e. The molecule has 0 aromatic carbocycles. The Kier molecular flexibility index (Phi) is 5.56. The van der Waals surface area contributed by atoms with Gasteiger partial charge in [0, 0.05) is 32.7 Å². The van der Waals surface area contributed by atoms with Crippen molar-refractivity contribution in [3.8, 4) is 0 Å². The Morgan fingerprint density at radius 2 is 2.19 bits per heavy atom. The first kappa shape index (κ1) is 16.2. The third kappa shape index (κ3) is 4.66. The first-order valence-corrected chi connectivity index (χ1v) is 7.71. The number of hydrogen-bond donors (Lipinski definition) is 1. The largest absolute Gasteiger partial charge is 0.385 e. The molecule has 0 radical (unpaired) electrons. The fourth-order valence-electron chi connectivity index (χ4n) is 2.62. The number of fused-ring (bicyclic) bond motifs is 1. The molecule has 1 aromatic rings. The lowest BCUT2D eigenvalue weighted by Gasteiger charge is -2.17. The van der Waals surface area contributed by atoms with Crippen LogP contribution in [0.2, 0.25) is 0 Å². The van der Waals surface area contributed by atoms with Crippen molar-refractivity contribution < 1.29 is 5.11 Å². The highest BCUT2D eigenvalue weighted by molar-refractivity contribution is 5.14. The number of allylic oxidation sites excluding steroid dienone is 1. The van der Waals surface area contributed by atoms with Crippen molar-refractivity contribution in [3.63, 3.8) is 0 Å². The Labute approximate surface area is 127 Å². The maximum absolute atomic E-state index is 10.2. The van der Waals surface area contributed by atoms with Gasteiger partial charge in [-0.25, -0.2) is 0 Å². The van der Waals surface area contributed by atoms with Crippen LogP contribution in [-0.4, -0.2) is 58.4 Å². The number of rotatable bonds is 5. The van der Waals surface area contributed by atoms with Crippen LogP contribution in [0.15, 0.2) is 17.7 Å². The molecule has 0 unspecified atom stereocenters. The average molecular weight is 292 g/mol. The molecule has 0 saturated heterocycles. The van der Waals surface area contributed by atoms with Gasteiger partial charge in [-0.15, -0.1) is 0 Å². The molecule has 0 fully saturated rings. The SMILES string of the molecule is CC(C)=CCN1CCCn2nc([C@@H](O)CN(C)C)cc2C1. The fraction of sp³-hybridized carbons (Fsp3) is 0.688. The average Bonchev–Trinajstić information content (AvgIpc) is 2.69. The third-order valence-electron chi connectivity index (χ3n) is 3.75. The minimum absolute atomic E-state index is 0.509. The number of hydrogen-bond acceptors (Lipinski definition) is 4. The minimum atomic E-state index is -0.509. The third-order valence-corrected chi connectivity index (χ3v) is 3.75. The Hall–Kier alpha value is -1.17. The van der Waals surface area contributed by atoms with Gasteiger partial charge in [0.1, 0.15) is 6.10 Å². The number of likely N-dealkylation sites (N-methyl/N-ethyl adjacent to an activating group) is 1. The zero-order valence-electron chi connectivity index (χ0n) is 13.7. The Bertz CT molecular complexity index is 488. The molecule has 0 amide bonds. The van der Waals surface area contributed by atoms with E-state index in [9.17, 15) is 5.11 Å². The number of aryl methyl sites for hydroxylation is 1. The van der Waals surface area contributed by atoms with Gasteiger partial charge in [-0.05, 0) is 40.4 Å². The summed E-state index contributed by atoms with van der Waals surface area (Å²) in [5, 5.41) is 14.8. The molecule has 2 rings (SSSR count). The van der Waals surface area contributed by atoms with E-state index in [-0.39, 0.29) is 0 Å². The van der Waals surface area contributed by atoms with Crippen LogP contribution in [0.5, 0.6) is 0 Å². The number of nitrogens with zero attached hydrogens (tertiary/aromatic N) is 4. The van der Waals surface area contributed by atoms with E-state index in [0.717, 1.165) is 38.3 Å². The second-order valence-electron chi connectivity index (χ2n) is 6.43. The maximum atomic E-state index is 10.2. The van der Waals surface area contributed by atoms with E-state index in [1.807, 2.05) is 19.0 Å². The maximum Gasteiger partial charge on any atom is 0.110 e. The molecule has 1 N–H and O–H groups in total. The molecule has 1 aromatic heterocycles. The molecule has 1 aliphatic rings. The molecule has 0 spiro atoms. The summed E-state index contributed by atoms with van der Waals surface area (Å²) in [6.07, 6.45) is 2.87. The highest BCUT2D eigenvalue weighted by atomic mass is 16.3. The summed E-state index contributed by atoms with van der Waals surface area (Å²) in [6.45, 7) is 8.82. The van der Waals surface area contributed by atoms with E-state index in [1.54, 1.807) is 0 Å². The van der Waals surface area contributed by atoms with E-state index in [1.165, 1.54) is 11.3 Å². The highest BCUT2D eigenvalue weighted by Gasteiger charge is 2.19. The van der Waals surface area contributed by atoms with Crippen molar-refractivity contribution >= 4 is 0 Å². The van der Waals surface area contributed by atoms with Gasteiger partial charge in [0.25, 0.3) is 0 Å². The minimum Gasteiger partial charge on any atom is -0.385 e. The van der Waals surface area contributed by atoms with Crippen LogP contribution in [0.3, 0.4) is 0 Å². The quantitative estimate of drug-likeness (QED) is 0.838. The Balaban J connectivity index is 2.07. The van der Waals surface area contributed by atoms with Gasteiger partial charge in [-0.3, -0.25) is 9.58 Å². The monoisotopic (exact) mass is 292 g/mol. The predicted octanol–water partition coefficient (Wildman–Crippen LogP) is 1.65. The summed E-state index contributed by atoms with van der Waals surface area (Å²) < 4.78 is 2.07. The van der Waals surface area contributed by atoms with Gasteiger partial charge in [0.15, 0.2) is 0 Å². The molecule has 5 nitrogen and oxygen atoms in total. The molecule has 21 heavy (non-hydrogen) atoms. The lowest BCUT2D eigenvalue weighted by molar-refractivity contribution is 0.133. The molecule has 2 heterocycles. The van der Waals surface area contributed by atoms with Gasteiger partial charge < -0.3 is 10.0 Å². The molecule has 0 aliphatic carbocycles. The summed E-state index contributed by atoms with van der Waals surface area (Å²) >= 11 is 0. The standard InChI is InChI=1S/C16H28N4O/c1-13(2)6-9-19-7-5-8-20-14(11-19)10-15(17-20)16(21)12-18(3)4/h6,10,16,21H,5,7-9,11-12H2,1-4H3/t16-/m0/s1. The van der Waals surface area contributed by atoms with E-state index < -0.39 is 6.10 Å². The number of aliphatic hydroxyl groups excluding tert-OH is 1. The van der Waals surface area contributed by atoms with Crippen molar-refractivity contribution in [2.75, 3.05) is 33.7 Å². The zero-order valence-corrected chi connectivity index (χ0v) is 13.7. The van der Waals surface area contributed by atoms with Crippen LogP contribution in [0.1, 0.15) is 37.8 Å². The molecule has 1 atom stereocenters. The van der Waals surface area contributed by atoms with E-state index in [4.69, 9.17) is 0 Å². The highest BCUT2D eigenvalue weighted by Crippen LogP contribution is 2.18. The second kappa shape index (κ2) is 7.20. The van der Waals surface area contributed by atoms with E-state index >= 15 is 0 Å². The Morgan fingerprint density at radius 1 is 1.43 bits per heavy atom. The van der Waals surface area contributed by atoms with Crippen LogP contribution in [-0.2, 0) is 13.1 Å². The second-order valence-corrected chi connectivity index (χ2v) is 6.43. The lowest BCUT2D eigenvalue weighted by Crippen LogP contribution is -2.23. The van der Waals surface area contributed by atoms with Crippen LogP contribution < -0.4 is 0 Å². The summed E-state index contributed by atoms with van der Waals surface area (Å²) in [5.41, 5.74) is 3.36. The first-order chi connectivity index (χ1) is 9.95. The van der Waals surface area contributed by atoms with Crippen LogP contribution >= 0.6 is 0 Å². The summed E-state index contributed by atoms with van der Waals surface area (Å²) in [4.78, 5) is 4.42. The van der Waals surface area contributed by atoms with Crippen LogP contribution in [0, 0.1) is 0 Å². The molecule has 0 saturated carbocycles. The van der Waals surface area contributed by atoms with Gasteiger partial charge in [-0.1, -0.05) is 11.6 Å². The zero-order chi connectivity index (χ0) is 15.4. The van der Waals surface area contributed by atoms with Gasteiger partial charge >= 0.3 is 0 Å². The number of aromatic nitrogens is 2. The normalized spacial score (nSPS) is 17.4. The van der Waals surface area contributed by atoms with Crippen molar-refractivity contribution in [1.82, 2.24) is 19.6 Å². The molecule has 0 bridgehead atoms. The van der Waals surface area contributed by atoms with Crippen LogP contribution in [0.25, 0.3) is 0 Å². The molecule has 118 valence electrons. The summed E-state index contributed by atoms with van der Waals surface area (Å²) in [5.74, 6) is 0. The summed E-state index contributed by atoms with van der Waals surface area (Å²) in [7, 11) is 3.93. The Morgan fingerprint density at radius 3 is 2.86 bits per heavy atom. The fourth-order valence-corrected chi connectivity index (χ4v) is 2.62.